The van der Waals surface area contributed by atoms with Gasteiger partial charge in [0.1, 0.15) is 11.9 Å². The predicted octanol–water partition coefficient (Wildman–Crippen LogP) is 3.72. The number of rotatable bonds is 5. The molecule has 1 aromatic heterocycles. The van der Waals surface area contributed by atoms with Crippen molar-refractivity contribution in [3.8, 4) is 0 Å². The summed E-state index contributed by atoms with van der Waals surface area (Å²) in [5.41, 5.74) is 1.04. The Morgan fingerprint density at radius 3 is 2.57 bits per heavy atom. The third kappa shape index (κ3) is 4.03. The molecule has 1 aliphatic heterocycles. The van der Waals surface area contributed by atoms with Gasteiger partial charge in [-0.1, -0.05) is 41.5 Å². The Hall–Kier alpha value is -3.22. The molecule has 1 unspecified atom stereocenters. The van der Waals surface area contributed by atoms with E-state index >= 15 is 0 Å². The van der Waals surface area contributed by atoms with Crippen LogP contribution in [-0.2, 0) is 0 Å². The molecule has 0 aliphatic carbocycles. The fraction of sp³-hybridized carbons (Fsp3) is 0.286. The van der Waals surface area contributed by atoms with E-state index in [1.807, 2.05) is 30.3 Å². The molecule has 1 aliphatic rings. The molecule has 4 rings (SSSR count). The lowest BCUT2D eigenvalue weighted by Crippen LogP contribution is -2.30. The average molecular weight is 380 g/mol. The summed E-state index contributed by atoms with van der Waals surface area (Å²) in [7, 11) is 0. The van der Waals surface area contributed by atoms with Crippen LogP contribution in [0.3, 0.4) is 0 Å². The highest BCUT2D eigenvalue weighted by Crippen LogP contribution is 2.25. The third-order valence-corrected chi connectivity index (χ3v) is 4.80. The van der Waals surface area contributed by atoms with Crippen molar-refractivity contribution in [3.05, 3.63) is 77.4 Å². The number of piperidine rings is 1. The maximum Gasteiger partial charge on any atom is 0.318 e. The molecular weight excluding hydrogens is 359 g/mol. The minimum absolute atomic E-state index is 0.233. The standard InChI is InChI=1S/C21H21FN4O2/c22-17-11-7-10-16(14-17)19(27)23-18(15-8-3-1-4-9-15)20-24-25-21(28-20)26-12-5-2-6-13-26/h1,3-4,7-11,14,18H,2,5-6,12-13H2,(H,23,27). The van der Waals surface area contributed by atoms with Crippen LogP contribution in [0.25, 0.3) is 0 Å². The zero-order valence-electron chi connectivity index (χ0n) is 15.3. The van der Waals surface area contributed by atoms with Gasteiger partial charge in [-0.15, -0.1) is 5.10 Å². The molecule has 7 heteroatoms. The zero-order chi connectivity index (χ0) is 19.3. The Morgan fingerprint density at radius 1 is 1.04 bits per heavy atom. The van der Waals surface area contributed by atoms with Gasteiger partial charge in [0, 0.05) is 18.7 Å². The summed E-state index contributed by atoms with van der Waals surface area (Å²) in [6.45, 7) is 1.76. The van der Waals surface area contributed by atoms with Crippen molar-refractivity contribution in [3.63, 3.8) is 0 Å². The van der Waals surface area contributed by atoms with Crippen molar-refractivity contribution >= 4 is 11.9 Å². The highest BCUT2D eigenvalue weighted by atomic mass is 19.1. The number of amides is 1. The molecule has 0 bridgehead atoms. The topological polar surface area (TPSA) is 71.3 Å². The molecule has 1 fully saturated rings. The molecule has 2 aromatic carbocycles. The molecule has 1 atom stereocenters. The van der Waals surface area contributed by atoms with E-state index in [2.05, 4.69) is 20.4 Å². The number of aromatic nitrogens is 2. The van der Waals surface area contributed by atoms with Crippen LogP contribution >= 0.6 is 0 Å². The molecule has 1 saturated heterocycles. The Balaban J connectivity index is 1.61. The Kier molecular flexibility index (Phi) is 5.32. The van der Waals surface area contributed by atoms with E-state index in [0.717, 1.165) is 31.5 Å². The van der Waals surface area contributed by atoms with Crippen LogP contribution in [0.2, 0.25) is 0 Å². The van der Waals surface area contributed by atoms with Gasteiger partial charge in [-0.25, -0.2) is 4.39 Å². The van der Waals surface area contributed by atoms with Crippen molar-refractivity contribution < 1.29 is 13.6 Å². The first-order valence-corrected chi connectivity index (χ1v) is 9.40. The van der Waals surface area contributed by atoms with Crippen molar-refractivity contribution in [2.45, 2.75) is 25.3 Å². The van der Waals surface area contributed by atoms with Gasteiger partial charge in [-0.3, -0.25) is 4.79 Å². The van der Waals surface area contributed by atoms with E-state index in [-0.39, 0.29) is 5.56 Å². The van der Waals surface area contributed by atoms with Crippen LogP contribution in [0.15, 0.2) is 59.0 Å². The van der Waals surface area contributed by atoms with E-state index in [1.54, 1.807) is 6.07 Å². The minimum Gasteiger partial charge on any atom is -0.405 e. The zero-order valence-corrected chi connectivity index (χ0v) is 15.3. The number of hydrogen-bond donors (Lipinski definition) is 1. The second-order valence-electron chi connectivity index (χ2n) is 6.80. The molecule has 3 aromatic rings. The van der Waals surface area contributed by atoms with Crippen LogP contribution in [0, 0.1) is 5.82 Å². The van der Waals surface area contributed by atoms with Crippen LogP contribution in [0.1, 0.15) is 47.1 Å². The maximum atomic E-state index is 13.5. The van der Waals surface area contributed by atoms with Gasteiger partial charge in [-0.2, -0.15) is 0 Å². The van der Waals surface area contributed by atoms with Gasteiger partial charge in [-0.05, 0) is 43.0 Å². The first-order chi connectivity index (χ1) is 13.7. The van der Waals surface area contributed by atoms with Gasteiger partial charge in [0.25, 0.3) is 5.91 Å². The lowest BCUT2D eigenvalue weighted by molar-refractivity contribution is 0.0937. The normalized spacial score (nSPS) is 15.2. The molecule has 144 valence electrons. The van der Waals surface area contributed by atoms with E-state index < -0.39 is 17.8 Å². The quantitative estimate of drug-likeness (QED) is 0.730. The van der Waals surface area contributed by atoms with Gasteiger partial charge in [0.2, 0.25) is 5.89 Å². The predicted molar refractivity (Wildman–Crippen MR) is 103 cm³/mol. The molecule has 6 nitrogen and oxygen atoms in total. The van der Waals surface area contributed by atoms with Gasteiger partial charge >= 0.3 is 6.01 Å². The van der Waals surface area contributed by atoms with E-state index in [9.17, 15) is 9.18 Å². The van der Waals surface area contributed by atoms with E-state index in [1.165, 1.54) is 24.6 Å². The Bertz CT molecular complexity index is 938. The summed E-state index contributed by atoms with van der Waals surface area (Å²) in [5, 5.41) is 11.3. The van der Waals surface area contributed by atoms with Crippen LogP contribution in [0.4, 0.5) is 10.4 Å². The van der Waals surface area contributed by atoms with E-state index in [0.29, 0.717) is 11.9 Å². The summed E-state index contributed by atoms with van der Waals surface area (Å²) in [6.07, 6.45) is 3.39. The number of hydrogen-bond acceptors (Lipinski definition) is 5. The van der Waals surface area contributed by atoms with Gasteiger partial charge in [0.05, 0.1) is 0 Å². The molecule has 28 heavy (non-hydrogen) atoms. The first-order valence-electron chi connectivity index (χ1n) is 9.40. The van der Waals surface area contributed by atoms with Crippen LogP contribution < -0.4 is 10.2 Å². The number of carbonyl (C=O) groups excluding carboxylic acids is 1. The Morgan fingerprint density at radius 2 is 1.82 bits per heavy atom. The summed E-state index contributed by atoms with van der Waals surface area (Å²) in [4.78, 5) is 14.8. The maximum absolute atomic E-state index is 13.5. The average Bonchev–Trinajstić information content (AvgIpc) is 3.23. The highest BCUT2D eigenvalue weighted by Gasteiger charge is 2.25. The smallest absolute Gasteiger partial charge is 0.318 e. The third-order valence-electron chi connectivity index (χ3n) is 4.80. The fourth-order valence-electron chi connectivity index (χ4n) is 3.33. The van der Waals surface area contributed by atoms with Crippen molar-refractivity contribution in [2.75, 3.05) is 18.0 Å². The van der Waals surface area contributed by atoms with E-state index in [4.69, 9.17) is 4.42 Å². The van der Waals surface area contributed by atoms with Crippen molar-refractivity contribution in [1.82, 2.24) is 15.5 Å². The molecule has 1 amide bonds. The number of nitrogens with one attached hydrogen (secondary N) is 1. The van der Waals surface area contributed by atoms with Crippen LogP contribution in [0.5, 0.6) is 0 Å². The second kappa shape index (κ2) is 8.21. The van der Waals surface area contributed by atoms with Crippen LogP contribution in [-0.4, -0.2) is 29.2 Å². The number of nitrogens with zero attached hydrogens (tertiary/aromatic N) is 3. The summed E-state index contributed by atoms with van der Waals surface area (Å²) >= 11 is 0. The lowest BCUT2D eigenvalue weighted by Gasteiger charge is -2.24. The molecule has 2 heterocycles. The number of benzene rings is 2. The van der Waals surface area contributed by atoms with Crippen molar-refractivity contribution in [2.24, 2.45) is 0 Å². The fourth-order valence-corrected chi connectivity index (χ4v) is 3.33. The van der Waals surface area contributed by atoms with Gasteiger partial charge < -0.3 is 14.6 Å². The summed E-state index contributed by atoms with van der Waals surface area (Å²) in [6, 6.07) is 14.8. The highest BCUT2D eigenvalue weighted by molar-refractivity contribution is 5.94. The number of anilines is 1. The molecular formula is C21H21FN4O2. The molecule has 0 spiro atoms. The second-order valence-corrected chi connectivity index (χ2v) is 6.80. The van der Waals surface area contributed by atoms with Crippen molar-refractivity contribution in [1.29, 1.82) is 0 Å². The molecule has 0 radical (unpaired) electrons. The largest absolute Gasteiger partial charge is 0.405 e. The van der Waals surface area contributed by atoms with Gasteiger partial charge in [0.15, 0.2) is 0 Å². The SMILES string of the molecule is O=C(NC(c1ccccc1)c1nnc(N2CCCCC2)o1)c1cccc(F)c1. The molecule has 1 N–H and O–H groups in total. The number of halogens is 1. The summed E-state index contributed by atoms with van der Waals surface area (Å²) < 4.78 is 19.4. The lowest BCUT2D eigenvalue weighted by atomic mass is 10.1. The minimum atomic E-state index is -0.622. The number of carbonyl (C=O) groups is 1. The molecule has 0 saturated carbocycles. The monoisotopic (exact) mass is 380 g/mol. The Labute approximate surface area is 162 Å². The first kappa shape index (κ1) is 18.2. The summed E-state index contributed by atoms with van der Waals surface area (Å²) in [5.74, 6) is -0.573.